The maximum Gasteiger partial charge on any atom is 0.274 e. The van der Waals surface area contributed by atoms with Crippen LogP contribution in [-0.4, -0.2) is 63.9 Å². The van der Waals surface area contributed by atoms with Gasteiger partial charge in [-0.3, -0.25) is 9.63 Å². The SMILES string of the molecule is Cc1ccc(C(=O)NOCCN2CCCC2)cc1S(=O)(=O)N(C)C. The zero-order chi connectivity index (χ0) is 17.7. The molecule has 2 rings (SSSR count). The van der Waals surface area contributed by atoms with Crippen molar-refractivity contribution < 1.29 is 18.0 Å². The molecular weight excluding hydrogens is 330 g/mol. The number of nitrogens with zero attached hydrogens (tertiary/aromatic N) is 2. The number of benzene rings is 1. The average molecular weight is 355 g/mol. The first-order chi connectivity index (χ1) is 11.3. The number of hydrogen-bond donors (Lipinski definition) is 1. The molecule has 24 heavy (non-hydrogen) atoms. The first-order valence-electron chi connectivity index (χ1n) is 8.00. The Bertz CT molecular complexity index is 683. The Kier molecular flexibility index (Phi) is 6.34. The number of carbonyl (C=O) groups is 1. The Morgan fingerprint density at radius 3 is 2.58 bits per heavy atom. The van der Waals surface area contributed by atoms with Crippen LogP contribution < -0.4 is 5.48 Å². The van der Waals surface area contributed by atoms with Crippen molar-refractivity contribution in [2.75, 3.05) is 40.3 Å². The van der Waals surface area contributed by atoms with E-state index in [2.05, 4.69) is 10.4 Å². The topological polar surface area (TPSA) is 79.0 Å². The van der Waals surface area contributed by atoms with Crippen molar-refractivity contribution in [1.82, 2.24) is 14.7 Å². The van der Waals surface area contributed by atoms with Crippen LogP contribution in [0.25, 0.3) is 0 Å². The van der Waals surface area contributed by atoms with E-state index >= 15 is 0 Å². The van der Waals surface area contributed by atoms with Crippen LogP contribution in [0.5, 0.6) is 0 Å². The van der Waals surface area contributed by atoms with Gasteiger partial charge in [-0.25, -0.2) is 18.2 Å². The summed E-state index contributed by atoms with van der Waals surface area (Å²) in [5, 5.41) is 0. The van der Waals surface area contributed by atoms with Gasteiger partial charge in [0.1, 0.15) is 0 Å². The minimum Gasteiger partial charge on any atom is -0.301 e. The number of carbonyl (C=O) groups excluding carboxylic acids is 1. The first kappa shape index (κ1) is 18.9. The van der Waals surface area contributed by atoms with Gasteiger partial charge in [0, 0.05) is 26.2 Å². The molecule has 7 nitrogen and oxygen atoms in total. The van der Waals surface area contributed by atoms with Crippen LogP contribution in [0.15, 0.2) is 23.1 Å². The summed E-state index contributed by atoms with van der Waals surface area (Å²) in [4.78, 5) is 19.8. The summed E-state index contributed by atoms with van der Waals surface area (Å²) in [5.74, 6) is -0.452. The summed E-state index contributed by atoms with van der Waals surface area (Å²) >= 11 is 0. The van der Waals surface area contributed by atoms with Crippen LogP contribution in [0.3, 0.4) is 0 Å². The van der Waals surface area contributed by atoms with Crippen molar-refractivity contribution in [3.8, 4) is 0 Å². The number of rotatable bonds is 7. The van der Waals surface area contributed by atoms with Crippen molar-refractivity contribution in [1.29, 1.82) is 0 Å². The molecule has 0 aromatic heterocycles. The van der Waals surface area contributed by atoms with Gasteiger partial charge < -0.3 is 4.90 Å². The van der Waals surface area contributed by atoms with E-state index in [1.54, 1.807) is 19.1 Å². The minimum absolute atomic E-state index is 0.122. The number of amides is 1. The van der Waals surface area contributed by atoms with Gasteiger partial charge in [0.25, 0.3) is 5.91 Å². The van der Waals surface area contributed by atoms with E-state index in [0.29, 0.717) is 12.2 Å². The lowest BCUT2D eigenvalue weighted by atomic mass is 10.1. The van der Waals surface area contributed by atoms with Gasteiger partial charge in [0.15, 0.2) is 0 Å². The third-order valence-electron chi connectivity index (χ3n) is 4.08. The quantitative estimate of drug-likeness (QED) is 0.583. The molecule has 1 fully saturated rings. The fraction of sp³-hybridized carbons (Fsp3) is 0.562. The lowest BCUT2D eigenvalue weighted by molar-refractivity contribution is 0.0244. The molecule has 1 amide bonds. The van der Waals surface area contributed by atoms with Gasteiger partial charge in [-0.15, -0.1) is 0 Å². The summed E-state index contributed by atoms with van der Waals surface area (Å²) in [6, 6.07) is 4.59. The number of aryl methyl sites for hydroxylation is 1. The standard InChI is InChI=1S/C16H25N3O4S/c1-13-6-7-14(12-15(13)24(21,22)18(2)3)16(20)17-23-11-10-19-8-4-5-9-19/h6-7,12H,4-5,8-11H2,1-3H3,(H,17,20). The molecule has 8 heteroatoms. The molecule has 0 radical (unpaired) electrons. The molecule has 1 saturated heterocycles. The third kappa shape index (κ3) is 4.54. The average Bonchev–Trinajstić information content (AvgIpc) is 3.04. The summed E-state index contributed by atoms with van der Waals surface area (Å²) in [6.45, 7) is 5.02. The van der Waals surface area contributed by atoms with E-state index in [9.17, 15) is 13.2 Å². The van der Waals surface area contributed by atoms with E-state index in [1.807, 2.05) is 0 Å². The molecule has 0 bridgehead atoms. The van der Waals surface area contributed by atoms with Gasteiger partial charge in [-0.05, 0) is 50.6 Å². The molecule has 1 aromatic carbocycles. The number of hydrogen-bond acceptors (Lipinski definition) is 5. The number of hydroxylamine groups is 1. The van der Waals surface area contributed by atoms with Gasteiger partial charge in [-0.1, -0.05) is 6.07 Å². The number of sulfonamides is 1. The summed E-state index contributed by atoms with van der Waals surface area (Å²) in [5.41, 5.74) is 3.22. The lowest BCUT2D eigenvalue weighted by Crippen LogP contribution is -2.30. The molecular formula is C16H25N3O4S. The Balaban J connectivity index is 1.97. The highest BCUT2D eigenvalue weighted by Gasteiger charge is 2.21. The zero-order valence-corrected chi connectivity index (χ0v) is 15.2. The second-order valence-electron chi connectivity index (χ2n) is 6.10. The van der Waals surface area contributed by atoms with E-state index in [4.69, 9.17) is 4.84 Å². The molecule has 0 saturated carbocycles. The van der Waals surface area contributed by atoms with Crippen LogP contribution >= 0.6 is 0 Å². The van der Waals surface area contributed by atoms with Gasteiger partial charge >= 0.3 is 0 Å². The Labute approximate surface area is 143 Å². The maximum absolute atomic E-state index is 12.3. The molecule has 0 atom stereocenters. The predicted molar refractivity (Wildman–Crippen MR) is 91.1 cm³/mol. The fourth-order valence-electron chi connectivity index (χ4n) is 2.57. The Hall–Kier alpha value is -1.48. The highest BCUT2D eigenvalue weighted by molar-refractivity contribution is 7.89. The van der Waals surface area contributed by atoms with E-state index < -0.39 is 15.9 Å². The monoisotopic (exact) mass is 355 g/mol. The second kappa shape index (κ2) is 8.06. The van der Waals surface area contributed by atoms with Crippen molar-refractivity contribution in [3.63, 3.8) is 0 Å². The van der Waals surface area contributed by atoms with Crippen molar-refractivity contribution in [2.24, 2.45) is 0 Å². The zero-order valence-electron chi connectivity index (χ0n) is 14.4. The molecule has 1 heterocycles. The fourth-order valence-corrected chi connectivity index (χ4v) is 3.72. The molecule has 0 aliphatic carbocycles. The Morgan fingerprint density at radius 1 is 1.29 bits per heavy atom. The molecule has 1 aliphatic rings. The molecule has 1 aliphatic heterocycles. The van der Waals surface area contributed by atoms with Gasteiger partial charge in [-0.2, -0.15) is 0 Å². The third-order valence-corrected chi connectivity index (χ3v) is 6.04. The van der Waals surface area contributed by atoms with Crippen molar-refractivity contribution in [3.05, 3.63) is 29.3 Å². The summed E-state index contributed by atoms with van der Waals surface area (Å²) in [7, 11) is -0.671. The van der Waals surface area contributed by atoms with E-state index in [1.165, 1.54) is 33.0 Å². The summed E-state index contributed by atoms with van der Waals surface area (Å²) < 4.78 is 25.7. The molecule has 0 spiro atoms. The van der Waals surface area contributed by atoms with Crippen LogP contribution in [0, 0.1) is 6.92 Å². The summed E-state index contributed by atoms with van der Waals surface area (Å²) in [6.07, 6.45) is 2.41. The highest BCUT2D eigenvalue weighted by atomic mass is 32.2. The molecule has 1 aromatic rings. The molecule has 134 valence electrons. The van der Waals surface area contributed by atoms with Crippen LogP contribution in [0.1, 0.15) is 28.8 Å². The van der Waals surface area contributed by atoms with E-state index in [-0.39, 0.29) is 10.5 Å². The minimum atomic E-state index is -3.59. The second-order valence-corrected chi connectivity index (χ2v) is 8.22. The van der Waals surface area contributed by atoms with Crippen molar-refractivity contribution in [2.45, 2.75) is 24.7 Å². The molecule has 0 unspecified atom stereocenters. The predicted octanol–water partition coefficient (Wildman–Crippen LogP) is 1.00. The number of nitrogens with one attached hydrogen (secondary N) is 1. The van der Waals surface area contributed by atoms with Crippen LogP contribution in [0.2, 0.25) is 0 Å². The Morgan fingerprint density at radius 2 is 1.96 bits per heavy atom. The van der Waals surface area contributed by atoms with Crippen LogP contribution in [-0.2, 0) is 14.9 Å². The highest BCUT2D eigenvalue weighted by Crippen LogP contribution is 2.19. The first-order valence-corrected chi connectivity index (χ1v) is 9.44. The van der Waals surface area contributed by atoms with Gasteiger partial charge in [0.2, 0.25) is 10.0 Å². The number of likely N-dealkylation sites (tertiary alicyclic amines) is 1. The largest absolute Gasteiger partial charge is 0.301 e. The van der Waals surface area contributed by atoms with Crippen molar-refractivity contribution >= 4 is 15.9 Å². The smallest absolute Gasteiger partial charge is 0.274 e. The maximum atomic E-state index is 12.3. The normalized spacial score (nSPS) is 15.8. The van der Waals surface area contributed by atoms with Crippen LogP contribution in [0.4, 0.5) is 0 Å². The lowest BCUT2D eigenvalue weighted by Gasteiger charge is -2.15. The van der Waals surface area contributed by atoms with E-state index in [0.717, 1.165) is 23.9 Å². The molecule has 1 N–H and O–H groups in total. The van der Waals surface area contributed by atoms with Gasteiger partial charge in [0.05, 0.1) is 11.5 Å².